The SMILES string of the molecule is CCCOc1ccc(S(=O)(=O)N2CC(=O)N(CCc3ccccc3)CC(O)C2)cc1. The van der Waals surface area contributed by atoms with Gasteiger partial charge in [-0.1, -0.05) is 37.3 Å². The molecule has 0 radical (unpaired) electrons. The number of amides is 1. The van der Waals surface area contributed by atoms with Crippen molar-refractivity contribution in [3.63, 3.8) is 0 Å². The minimum absolute atomic E-state index is 0.0732. The van der Waals surface area contributed by atoms with Crippen LogP contribution in [0.15, 0.2) is 59.5 Å². The van der Waals surface area contributed by atoms with Crippen LogP contribution in [-0.2, 0) is 21.2 Å². The summed E-state index contributed by atoms with van der Waals surface area (Å²) in [5, 5.41) is 10.4. The van der Waals surface area contributed by atoms with Crippen molar-refractivity contribution >= 4 is 15.9 Å². The Bertz CT molecular complexity index is 932. The van der Waals surface area contributed by atoms with E-state index in [1.165, 1.54) is 17.0 Å². The van der Waals surface area contributed by atoms with Crippen molar-refractivity contribution < 1.29 is 23.1 Å². The average molecular weight is 433 g/mol. The molecule has 0 aliphatic carbocycles. The molecule has 1 amide bonds. The smallest absolute Gasteiger partial charge is 0.243 e. The van der Waals surface area contributed by atoms with Crippen molar-refractivity contribution in [2.45, 2.75) is 30.8 Å². The third kappa shape index (κ3) is 5.59. The van der Waals surface area contributed by atoms with Gasteiger partial charge in [-0.2, -0.15) is 4.31 Å². The lowest BCUT2D eigenvalue weighted by molar-refractivity contribution is -0.130. The molecule has 2 aromatic rings. The minimum Gasteiger partial charge on any atom is -0.494 e. The van der Waals surface area contributed by atoms with Crippen LogP contribution in [0.2, 0.25) is 0 Å². The van der Waals surface area contributed by atoms with Crippen molar-refractivity contribution in [2.24, 2.45) is 0 Å². The molecular weight excluding hydrogens is 404 g/mol. The highest BCUT2D eigenvalue weighted by Crippen LogP contribution is 2.21. The number of nitrogens with zero attached hydrogens (tertiary/aromatic N) is 2. The number of β-amino-alcohol motifs (C(OH)–C–C–N with tert-alkyl or cyclic N) is 1. The Morgan fingerprint density at radius 1 is 1.07 bits per heavy atom. The second-order valence-electron chi connectivity index (χ2n) is 7.35. The third-order valence-corrected chi connectivity index (χ3v) is 6.78. The number of aliphatic hydroxyl groups is 1. The van der Waals surface area contributed by atoms with Crippen molar-refractivity contribution in [3.8, 4) is 5.75 Å². The summed E-state index contributed by atoms with van der Waals surface area (Å²) < 4.78 is 32.6. The number of aliphatic hydroxyl groups excluding tert-OH is 1. The molecule has 3 rings (SSSR count). The zero-order valence-corrected chi connectivity index (χ0v) is 17.9. The molecule has 1 aliphatic rings. The highest BCUT2D eigenvalue weighted by molar-refractivity contribution is 7.89. The van der Waals surface area contributed by atoms with E-state index in [2.05, 4.69) is 0 Å². The Labute approximate surface area is 177 Å². The molecule has 8 heteroatoms. The van der Waals surface area contributed by atoms with Gasteiger partial charge in [0.2, 0.25) is 15.9 Å². The topological polar surface area (TPSA) is 87.2 Å². The maximum Gasteiger partial charge on any atom is 0.243 e. The molecule has 1 aliphatic heterocycles. The Hall–Kier alpha value is -2.42. The summed E-state index contributed by atoms with van der Waals surface area (Å²) in [7, 11) is -3.91. The first-order valence-corrected chi connectivity index (χ1v) is 11.6. The van der Waals surface area contributed by atoms with E-state index in [-0.39, 0.29) is 30.4 Å². The van der Waals surface area contributed by atoms with E-state index >= 15 is 0 Å². The van der Waals surface area contributed by atoms with Crippen LogP contribution in [0.3, 0.4) is 0 Å². The van der Waals surface area contributed by atoms with Gasteiger partial charge in [-0.05, 0) is 42.7 Å². The van der Waals surface area contributed by atoms with E-state index in [0.717, 1.165) is 16.3 Å². The lowest BCUT2D eigenvalue weighted by atomic mass is 10.1. The zero-order valence-electron chi connectivity index (χ0n) is 17.1. The van der Waals surface area contributed by atoms with Crippen LogP contribution in [0.25, 0.3) is 0 Å². The van der Waals surface area contributed by atoms with Crippen molar-refractivity contribution in [1.29, 1.82) is 0 Å². The number of rotatable bonds is 8. The Kier molecular flexibility index (Phi) is 7.47. The Balaban J connectivity index is 1.69. The summed E-state index contributed by atoms with van der Waals surface area (Å²) in [6, 6.07) is 15.9. The fourth-order valence-electron chi connectivity index (χ4n) is 3.35. The summed E-state index contributed by atoms with van der Waals surface area (Å²) in [5.41, 5.74) is 1.08. The second kappa shape index (κ2) is 10.1. The van der Waals surface area contributed by atoms with E-state index in [4.69, 9.17) is 4.74 Å². The molecule has 0 spiro atoms. The molecule has 1 atom stereocenters. The van der Waals surface area contributed by atoms with Crippen LogP contribution in [-0.4, -0.2) is 67.5 Å². The zero-order chi connectivity index (χ0) is 21.6. The molecule has 0 bridgehead atoms. The van der Waals surface area contributed by atoms with Gasteiger partial charge in [0.25, 0.3) is 0 Å². The molecule has 1 fully saturated rings. The number of benzene rings is 2. The first kappa shape index (κ1) is 22.3. The highest BCUT2D eigenvalue weighted by atomic mass is 32.2. The van der Waals surface area contributed by atoms with Crippen LogP contribution in [0.4, 0.5) is 0 Å². The number of ether oxygens (including phenoxy) is 1. The minimum atomic E-state index is -3.91. The monoisotopic (exact) mass is 432 g/mol. The molecule has 1 saturated heterocycles. The molecule has 1 heterocycles. The van der Waals surface area contributed by atoms with E-state index in [1.807, 2.05) is 37.3 Å². The maximum atomic E-state index is 13.0. The summed E-state index contributed by atoms with van der Waals surface area (Å²) in [6.45, 7) is 2.67. The molecule has 1 N–H and O–H groups in total. The summed E-state index contributed by atoms with van der Waals surface area (Å²) in [6.07, 6.45) is 0.550. The second-order valence-corrected chi connectivity index (χ2v) is 9.28. The largest absolute Gasteiger partial charge is 0.494 e. The summed E-state index contributed by atoms with van der Waals surface area (Å²) in [5.74, 6) is 0.281. The number of sulfonamides is 1. The van der Waals surface area contributed by atoms with Gasteiger partial charge in [-0.25, -0.2) is 8.42 Å². The maximum absolute atomic E-state index is 13.0. The lowest BCUT2D eigenvalue weighted by Crippen LogP contribution is -2.40. The Morgan fingerprint density at radius 2 is 1.77 bits per heavy atom. The predicted octanol–water partition coefficient (Wildman–Crippen LogP) is 1.91. The molecule has 0 saturated carbocycles. The summed E-state index contributed by atoms with van der Waals surface area (Å²) in [4.78, 5) is 14.3. The third-order valence-electron chi connectivity index (χ3n) is 4.96. The van der Waals surface area contributed by atoms with E-state index < -0.39 is 16.1 Å². The quantitative estimate of drug-likeness (QED) is 0.689. The molecular formula is C22H28N2O5S. The molecule has 2 aromatic carbocycles. The normalized spacial score (nSPS) is 18.3. The number of hydrogen-bond donors (Lipinski definition) is 1. The lowest BCUT2D eigenvalue weighted by Gasteiger charge is -2.22. The fraction of sp³-hybridized carbons (Fsp3) is 0.409. The van der Waals surface area contributed by atoms with Crippen LogP contribution in [0.5, 0.6) is 5.75 Å². The van der Waals surface area contributed by atoms with Crippen LogP contribution in [0, 0.1) is 0 Å². The summed E-state index contributed by atoms with van der Waals surface area (Å²) >= 11 is 0. The molecule has 7 nitrogen and oxygen atoms in total. The van der Waals surface area contributed by atoms with Crippen LogP contribution >= 0.6 is 0 Å². The number of hydrogen-bond acceptors (Lipinski definition) is 5. The van der Waals surface area contributed by atoms with Gasteiger partial charge in [0, 0.05) is 19.6 Å². The molecule has 0 aromatic heterocycles. The van der Waals surface area contributed by atoms with E-state index in [1.54, 1.807) is 12.1 Å². The van der Waals surface area contributed by atoms with Gasteiger partial charge in [0.05, 0.1) is 24.2 Å². The van der Waals surface area contributed by atoms with Crippen LogP contribution in [0.1, 0.15) is 18.9 Å². The van der Waals surface area contributed by atoms with Crippen molar-refractivity contribution in [1.82, 2.24) is 9.21 Å². The molecule has 162 valence electrons. The van der Waals surface area contributed by atoms with Crippen LogP contribution < -0.4 is 4.74 Å². The predicted molar refractivity (Wildman–Crippen MR) is 114 cm³/mol. The van der Waals surface area contributed by atoms with Crippen molar-refractivity contribution in [3.05, 3.63) is 60.2 Å². The van der Waals surface area contributed by atoms with Gasteiger partial charge in [-0.3, -0.25) is 4.79 Å². The van der Waals surface area contributed by atoms with Gasteiger partial charge < -0.3 is 14.7 Å². The number of carbonyl (C=O) groups excluding carboxylic acids is 1. The number of carbonyl (C=O) groups is 1. The molecule has 1 unspecified atom stereocenters. The van der Waals surface area contributed by atoms with Gasteiger partial charge >= 0.3 is 0 Å². The first-order chi connectivity index (χ1) is 14.4. The molecule has 30 heavy (non-hydrogen) atoms. The van der Waals surface area contributed by atoms with E-state index in [9.17, 15) is 18.3 Å². The van der Waals surface area contributed by atoms with Gasteiger partial charge in [0.15, 0.2) is 0 Å². The van der Waals surface area contributed by atoms with E-state index in [0.29, 0.717) is 25.3 Å². The van der Waals surface area contributed by atoms with Gasteiger partial charge in [0.1, 0.15) is 5.75 Å². The first-order valence-electron chi connectivity index (χ1n) is 10.1. The Morgan fingerprint density at radius 3 is 2.43 bits per heavy atom. The van der Waals surface area contributed by atoms with Crippen molar-refractivity contribution in [2.75, 3.05) is 32.8 Å². The average Bonchev–Trinajstić information content (AvgIpc) is 2.90. The van der Waals surface area contributed by atoms with Gasteiger partial charge in [-0.15, -0.1) is 0 Å². The fourth-order valence-corrected chi connectivity index (χ4v) is 4.78. The standard InChI is InChI=1S/C22H28N2O5S/c1-2-14-29-20-8-10-21(11-9-20)30(27,28)24-16-19(25)15-23(22(26)17-24)13-12-18-6-4-3-5-7-18/h3-11,19,25H,2,12-17H2,1H3. The highest BCUT2D eigenvalue weighted by Gasteiger charge is 2.34.